The monoisotopic (exact) mass is 1400 g/mol. The minimum atomic E-state index is -0.925. The molecule has 3 aromatic carbocycles. The second-order valence-corrected chi connectivity index (χ2v) is 31.4. The Hall–Kier alpha value is -4.36. The average Bonchev–Trinajstić information content (AvgIpc) is 1.62. The van der Waals surface area contributed by atoms with Gasteiger partial charge in [0.05, 0.1) is 52.9 Å². The molecule has 12 saturated heterocycles. The Morgan fingerprint density at radius 1 is 0.320 bits per heavy atom. The number of rotatable bonds is 20. The molecular weight excluding hydrogens is 1310 g/mol. The number of carbonyl (C=O) groups is 2. The lowest BCUT2D eigenvalue weighted by molar-refractivity contribution is -0.237. The van der Waals surface area contributed by atoms with Gasteiger partial charge in [-0.25, -0.2) is 0 Å². The molecule has 0 aliphatic carbocycles. The highest BCUT2D eigenvalue weighted by Crippen LogP contribution is 2.48. The van der Waals surface area contributed by atoms with Crippen LogP contribution < -0.4 is 10.6 Å². The van der Waals surface area contributed by atoms with Gasteiger partial charge in [-0.05, 0) is 182 Å². The molecule has 12 fully saturated rings. The highest BCUT2D eigenvalue weighted by atomic mass is 16.9. The lowest BCUT2D eigenvalue weighted by Crippen LogP contribution is -2.44. The molecule has 0 radical (unpaired) electrons. The van der Waals surface area contributed by atoms with Crippen LogP contribution in [0, 0.1) is 0 Å². The van der Waals surface area contributed by atoms with Gasteiger partial charge in [0.25, 0.3) is 11.8 Å². The van der Waals surface area contributed by atoms with Crippen molar-refractivity contribution in [3.05, 3.63) is 94.0 Å². The van der Waals surface area contributed by atoms with Crippen LogP contribution in [0.3, 0.4) is 0 Å². The number of benzene rings is 3. The summed E-state index contributed by atoms with van der Waals surface area (Å²) in [6.07, 6.45) is -12.0. The van der Waals surface area contributed by atoms with E-state index in [4.69, 9.17) is 114 Å². The second-order valence-electron chi connectivity index (χ2n) is 31.4. The molecule has 20 atom stereocenters. The van der Waals surface area contributed by atoms with E-state index in [2.05, 4.69) is 10.6 Å². The molecule has 28 heteroatoms. The van der Waals surface area contributed by atoms with Crippen molar-refractivity contribution in [2.24, 2.45) is 0 Å². The molecule has 2 amide bonds. The Balaban J connectivity index is 0.672. The SMILES string of the molecule is CC1(C)O[C@@H]2O[C@H]([C@H]3COC(C)(C)O3)[C@H](OCc3cc(CO[C@@H]4[C@@H]5OC(C)(C)O[C@@H]5O[C@@H]4[C@H]4COC(C)(C)O4)cc(NC(=O)c4ccc(C(=O)Nc5cc(CO[C@@H]6[C@H]7OC(C)(C)O[C@H]7O[C@@H]6[C@H]6COC(C)(C)O6)cc(CO[C@@H]6[C@H]7OC(C)(C)O[C@H]7O[C@@H]6[C@H]6COC(C)(C)O6)c5)cc4)c3)[C@@H]2O1. The van der Waals surface area contributed by atoms with Crippen LogP contribution in [0.25, 0.3) is 0 Å². The Kier molecular flexibility index (Phi) is 18.7. The summed E-state index contributed by atoms with van der Waals surface area (Å²) in [4.78, 5) is 29.0. The molecule has 0 unspecified atom stereocenters. The Bertz CT molecular complexity index is 3100. The van der Waals surface area contributed by atoms with Gasteiger partial charge in [0.2, 0.25) is 0 Å². The van der Waals surface area contributed by atoms with E-state index in [1.165, 1.54) is 0 Å². The van der Waals surface area contributed by atoms with Crippen LogP contribution in [0.2, 0.25) is 0 Å². The first-order chi connectivity index (χ1) is 47.0. The normalized spacial score (nSPS) is 39.3. The van der Waals surface area contributed by atoms with E-state index < -0.39 is 181 Å². The van der Waals surface area contributed by atoms with E-state index in [1.54, 1.807) is 24.3 Å². The molecule has 12 aliphatic heterocycles. The number of hydrogen-bond donors (Lipinski definition) is 2. The maximum atomic E-state index is 14.5. The van der Waals surface area contributed by atoms with Crippen molar-refractivity contribution in [3.8, 4) is 0 Å². The lowest BCUT2D eigenvalue weighted by atomic mass is 10.0. The molecule has 0 spiro atoms. The summed E-state index contributed by atoms with van der Waals surface area (Å²) >= 11 is 0. The highest BCUT2D eigenvalue weighted by molar-refractivity contribution is 6.07. The number of fused-ring (bicyclic) bond motifs is 4. The number of carbonyl (C=O) groups excluding carboxylic acids is 2. The van der Waals surface area contributed by atoms with Gasteiger partial charge in [-0.1, -0.05) is 12.1 Å². The molecule has 3 aromatic rings. The predicted molar refractivity (Wildman–Crippen MR) is 344 cm³/mol. The summed E-state index contributed by atoms with van der Waals surface area (Å²) in [6, 6.07) is 17.6. The fourth-order valence-corrected chi connectivity index (χ4v) is 15.4. The molecule has 12 aliphatic rings. The lowest BCUT2D eigenvalue weighted by Gasteiger charge is -2.29. The molecular formula is C72H96N2O26. The number of anilines is 2. The average molecular weight is 1410 g/mol. The van der Waals surface area contributed by atoms with Gasteiger partial charge >= 0.3 is 0 Å². The second kappa shape index (κ2) is 26.3. The Labute approximate surface area is 581 Å². The van der Waals surface area contributed by atoms with Gasteiger partial charge in [0.1, 0.15) is 97.7 Å². The first kappa shape index (κ1) is 71.3. The van der Waals surface area contributed by atoms with Crippen LogP contribution >= 0.6 is 0 Å². The predicted octanol–water partition coefficient (Wildman–Crippen LogP) is 7.84. The number of ether oxygens (including phenoxy) is 24. The highest BCUT2D eigenvalue weighted by Gasteiger charge is 2.63. The van der Waals surface area contributed by atoms with Gasteiger partial charge in [0.15, 0.2) is 71.5 Å². The summed E-state index contributed by atoms with van der Waals surface area (Å²) in [5.74, 6) is -7.92. The van der Waals surface area contributed by atoms with Gasteiger partial charge in [-0.15, -0.1) is 0 Å². The van der Waals surface area contributed by atoms with Gasteiger partial charge < -0.3 is 124 Å². The van der Waals surface area contributed by atoms with Crippen molar-refractivity contribution in [1.29, 1.82) is 0 Å². The van der Waals surface area contributed by atoms with E-state index in [1.807, 2.05) is 147 Å². The van der Waals surface area contributed by atoms with Gasteiger partial charge in [-0.2, -0.15) is 0 Å². The van der Waals surface area contributed by atoms with E-state index in [9.17, 15) is 9.59 Å². The zero-order chi connectivity index (χ0) is 70.4. The van der Waals surface area contributed by atoms with Crippen LogP contribution in [0.4, 0.5) is 11.4 Å². The minimum Gasteiger partial charge on any atom is -0.368 e. The van der Waals surface area contributed by atoms with Crippen LogP contribution in [0.15, 0.2) is 60.7 Å². The van der Waals surface area contributed by atoms with Crippen LogP contribution in [0.1, 0.15) is 154 Å². The Morgan fingerprint density at radius 2 is 0.550 bits per heavy atom. The first-order valence-corrected chi connectivity index (χ1v) is 34.8. The van der Waals surface area contributed by atoms with Crippen molar-refractivity contribution in [2.45, 2.75) is 306 Å². The van der Waals surface area contributed by atoms with Crippen LogP contribution in [-0.4, -0.2) is 207 Å². The molecule has 15 rings (SSSR count). The maximum Gasteiger partial charge on any atom is 0.255 e. The smallest absolute Gasteiger partial charge is 0.255 e. The Morgan fingerprint density at radius 3 is 0.760 bits per heavy atom. The zero-order valence-electron chi connectivity index (χ0n) is 59.6. The summed E-state index contributed by atoms with van der Waals surface area (Å²) < 4.78 is 152. The largest absolute Gasteiger partial charge is 0.368 e. The van der Waals surface area contributed by atoms with Crippen molar-refractivity contribution in [1.82, 2.24) is 0 Å². The molecule has 100 heavy (non-hydrogen) atoms. The molecule has 0 saturated carbocycles. The third-order valence-electron chi connectivity index (χ3n) is 19.5. The first-order valence-electron chi connectivity index (χ1n) is 34.8. The van der Waals surface area contributed by atoms with E-state index in [0.717, 1.165) is 0 Å². The molecule has 0 aromatic heterocycles. The molecule has 550 valence electrons. The third-order valence-corrected chi connectivity index (χ3v) is 19.5. The van der Waals surface area contributed by atoms with Crippen LogP contribution in [-0.2, 0) is 140 Å². The van der Waals surface area contributed by atoms with Gasteiger partial charge in [-0.3, -0.25) is 9.59 Å². The zero-order valence-corrected chi connectivity index (χ0v) is 59.6. The quantitative estimate of drug-likeness (QED) is 0.109. The third kappa shape index (κ3) is 15.2. The standard InChI is InChI=1S/C72H96N2O26/c1-65(2)81-31-43(89-65)47-51(55-61(85-47)97-69(9,10)93-55)77-27-35-21-36(28-78-52-48(44-32-82-66(3,4)90-44)86-62-56(52)94-70(11,12)98-62)24-41(23-35)73-59(75)39-17-19-40(20-18-39)60(76)74-42-25-37(29-79-53-49(45-33-83-67(5,6)91-45)87-63-57(53)95-71(13,14)99-63)22-38(26-42)30-80-54-50(46-34-84-68(7,8)92-46)88-64-58(54)96-72(15,16)100-64/h17-26,43-58,61-64H,27-34H2,1-16H3,(H,73,75)(H,74,76)/t43-,44-,45-,46-,47-,48-,49-,50-,51+,52+,53+,54+,55-,56-,57+,58+,61-,62-,63+,64+/m1/s1. The maximum absolute atomic E-state index is 14.5. The summed E-state index contributed by atoms with van der Waals surface area (Å²) in [5, 5.41) is 6.20. The summed E-state index contributed by atoms with van der Waals surface area (Å²) in [5.41, 5.74) is 4.22. The van der Waals surface area contributed by atoms with E-state index in [-0.39, 0.29) is 64.0 Å². The fraction of sp³-hybridized carbons (Fsp3) is 0.722. The van der Waals surface area contributed by atoms with E-state index in [0.29, 0.717) is 33.6 Å². The van der Waals surface area contributed by atoms with Crippen molar-refractivity contribution in [3.63, 3.8) is 0 Å². The van der Waals surface area contributed by atoms with E-state index >= 15 is 0 Å². The van der Waals surface area contributed by atoms with Crippen molar-refractivity contribution >= 4 is 23.2 Å². The molecule has 28 nitrogen and oxygen atoms in total. The minimum absolute atomic E-state index is 0.0564. The molecule has 2 N–H and O–H groups in total. The van der Waals surface area contributed by atoms with Gasteiger partial charge in [0, 0.05) is 22.5 Å². The number of amides is 2. The van der Waals surface area contributed by atoms with Crippen molar-refractivity contribution in [2.75, 3.05) is 37.1 Å². The van der Waals surface area contributed by atoms with Crippen molar-refractivity contribution < 1.29 is 123 Å². The number of hydrogen-bond acceptors (Lipinski definition) is 26. The number of nitrogens with one attached hydrogen (secondary N) is 2. The topological polar surface area (TPSA) is 280 Å². The summed E-state index contributed by atoms with van der Waals surface area (Å²) in [7, 11) is 0. The summed E-state index contributed by atoms with van der Waals surface area (Å²) in [6.45, 7) is 30.8. The fourth-order valence-electron chi connectivity index (χ4n) is 15.4. The molecule has 12 heterocycles. The molecule has 0 bridgehead atoms. The van der Waals surface area contributed by atoms with Crippen LogP contribution in [0.5, 0.6) is 0 Å².